The van der Waals surface area contributed by atoms with Crippen LogP contribution in [-0.2, 0) is 4.74 Å². The molecule has 4 N–H and O–H groups in total. The number of rotatable bonds is 11. The second-order valence-electron chi connectivity index (χ2n) is 11.5. The minimum Gasteiger partial charge on any atom is -0.392 e. The first-order valence-corrected chi connectivity index (χ1v) is 15.0. The van der Waals surface area contributed by atoms with E-state index in [1.165, 1.54) is 47.7 Å². The molecule has 0 bridgehead atoms. The quantitative estimate of drug-likeness (QED) is 0.209. The molecular formula is C34H55N3O2. The summed E-state index contributed by atoms with van der Waals surface area (Å²) in [4.78, 5) is 2.64. The van der Waals surface area contributed by atoms with Crippen molar-refractivity contribution < 1.29 is 9.84 Å². The third-order valence-electron chi connectivity index (χ3n) is 8.41. The Morgan fingerprint density at radius 3 is 2.31 bits per heavy atom. The number of aryl methyl sites for hydroxylation is 1. The summed E-state index contributed by atoms with van der Waals surface area (Å²) in [5.74, 6) is 0.956. The second kappa shape index (κ2) is 15.7. The van der Waals surface area contributed by atoms with Crippen LogP contribution < -0.4 is 5.73 Å². The zero-order chi connectivity index (χ0) is 29.2. The Kier molecular flexibility index (Phi) is 13.3. The topological polar surface area (TPSA) is 82.6 Å². The molecule has 0 aromatic heterocycles. The van der Waals surface area contributed by atoms with Crippen molar-refractivity contribution in [1.82, 2.24) is 4.90 Å². The van der Waals surface area contributed by atoms with E-state index >= 15 is 0 Å². The third-order valence-corrected chi connectivity index (χ3v) is 8.41. The summed E-state index contributed by atoms with van der Waals surface area (Å²) in [7, 11) is 1.50. The highest BCUT2D eigenvalue weighted by atomic mass is 16.5. The summed E-state index contributed by atoms with van der Waals surface area (Å²) < 4.78 is 5.52. The monoisotopic (exact) mass is 537 g/mol. The lowest BCUT2D eigenvalue weighted by Gasteiger charge is -2.50. The van der Waals surface area contributed by atoms with Gasteiger partial charge in [0.1, 0.15) is 0 Å². The number of likely N-dealkylation sites (tertiary alicyclic amines) is 1. The van der Waals surface area contributed by atoms with Crippen molar-refractivity contribution >= 4 is 11.3 Å². The number of hydrogen-bond donors (Lipinski definition) is 3. The Bertz CT molecular complexity index is 1040. The van der Waals surface area contributed by atoms with Gasteiger partial charge in [-0.05, 0) is 123 Å². The second-order valence-corrected chi connectivity index (χ2v) is 11.5. The molecule has 218 valence electrons. The van der Waals surface area contributed by atoms with Crippen molar-refractivity contribution in [2.24, 2.45) is 11.7 Å². The van der Waals surface area contributed by atoms with E-state index in [0.29, 0.717) is 24.0 Å². The van der Waals surface area contributed by atoms with Gasteiger partial charge in [-0.15, -0.1) is 0 Å². The molecule has 0 radical (unpaired) electrons. The smallest absolute Gasteiger partial charge is 0.0699 e. The van der Waals surface area contributed by atoms with Crippen LogP contribution >= 0.6 is 0 Å². The number of aliphatic hydroxyl groups is 1. The number of allylic oxidation sites excluding steroid dienone is 5. The predicted molar refractivity (Wildman–Crippen MR) is 168 cm³/mol. The van der Waals surface area contributed by atoms with Crippen LogP contribution in [-0.4, -0.2) is 61.2 Å². The van der Waals surface area contributed by atoms with Gasteiger partial charge in [0.15, 0.2) is 0 Å². The molecular weight excluding hydrogens is 482 g/mol. The summed E-state index contributed by atoms with van der Waals surface area (Å²) >= 11 is 0. The van der Waals surface area contributed by atoms with E-state index in [4.69, 9.17) is 10.1 Å². The Balaban J connectivity index is 0.00000260. The van der Waals surface area contributed by atoms with E-state index in [2.05, 4.69) is 82.5 Å². The van der Waals surface area contributed by atoms with Crippen LogP contribution in [0, 0.1) is 18.3 Å². The van der Waals surface area contributed by atoms with Crippen LogP contribution in [0.4, 0.5) is 0 Å². The Labute approximate surface area is 238 Å². The van der Waals surface area contributed by atoms with Gasteiger partial charge in [0.2, 0.25) is 0 Å². The molecule has 2 heterocycles. The SMILES string of the molecule is C/C=C(\C=C(\CO)C(=N)CC)C(/CCC)=C(/c1cc(C2CCN(C3(C)COC3)CC2)ccc1C)C(C)C.CN. The van der Waals surface area contributed by atoms with Gasteiger partial charge in [-0.2, -0.15) is 0 Å². The van der Waals surface area contributed by atoms with E-state index in [9.17, 15) is 5.11 Å². The number of piperidine rings is 1. The lowest BCUT2D eigenvalue weighted by Crippen LogP contribution is -2.61. The average Bonchev–Trinajstić information content (AvgIpc) is 2.94. The highest BCUT2D eigenvalue weighted by Crippen LogP contribution is 2.39. The van der Waals surface area contributed by atoms with E-state index in [-0.39, 0.29) is 12.1 Å². The molecule has 2 fully saturated rings. The Morgan fingerprint density at radius 1 is 1.21 bits per heavy atom. The largest absolute Gasteiger partial charge is 0.392 e. The van der Waals surface area contributed by atoms with Gasteiger partial charge < -0.3 is 21.0 Å². The van der Waals surface area contributed by atoms with Crippen LogP contribution in [0.2, 0.25) is 0 Å². The van der Waals surface area contributed by atoms with Crippen molar-refractivity contribution in [2.75, 3.05) is 40.0 Å². The molecule has 0 atom stereocenters. The van der Waals surface area contributed by atoms with Crippen molar-refractivity contribution in [3.8, 4) is 0 Å². The summed E-state index contributed by atoms with van der Waals surface area (Å²) in [6.45, 7) is 19.4. The summed E-state index contributed by atoms with van der Waals surface area (Å²) in [5, 5.41) is 18.3. The molecule has 3 rings (SSSR count). The fourth-order valence-electron chi connectivity index (χ4n) is 6.01. The zero-order valence-electron chi connectivity index (χ0n) is 26.0. The Morgan fingerprint density at radius 2 is 1.85 bits per heavy atom. The van der Waals surface area contributed by atoms with Crippen LogP contribution in [0.1, 0.15) is 96.3 Å². The number of nitrogens with one attached hydrogen (secondary N) is 1. The van der Waals surface area contributed by atoms with Crippen LogP contribution in [0.15, 0.2) is 47.1 Å². The fraction of sp³-hybridized carbons (Fsp3) is 0.618. The minimum atomic E-state index is -0.0984. The number of nitrogens with two attached hydrogens (primary N) is 1. The van der Waals surface area contributed by atoms with Crippen molar-refractivity contribution in [1.29, 1.82) is 5.41 Å². The number of ether oxygens (including phenoxy) is 1. The van der Waals surface area contributed by atoms with Gasteiger partial charge in [0.25, 0.3) is 0 Å². The molecule has 39 heavy (non-hydrogen) atoms. The maximum absolute atomic E-state index is 10.00. The standard InChI is InChI=1S/C33H50N2O2.CH5N/c1-8-11-29(25(9-2)18-28(20-36)31(34)10-3)32(23(4)5)30-19-27(13-12-24(30)6)26-14-16-35(17-15-26)33(7)21-37-22-33;1-2/h9,12-13,18-19,23,26,34,36H,8,10-11,14-17,20-22H2,1-7H3;2H2,1H3/b25-9+,28-18-,32-29+,34-31?;. The zero-order valence-corrected chi connectivity index (χ0v) is 26.0. The molecule has 0 aliphatic carbocycles. The number of nitrogens with zero attached hydrogens (tertiary/aromatic N) is 1. The van der Waals surface area contributed by atoms with Crippen molar-refractivity contribution in [2.45, 2.75) is 92.0 Å². The number of benzene rings is 1. The van der Waals surface area contributed by atoms with Crippen LogP contribution in [0.25, 0.3) is 5.57 Å². The van der Waals surface area contributed by atoms with E-state index < -0.39 is 0 Å². The molecule has 2 saturated heterocycles. The lowest BCUT2D eigenvalue weighted by molar-refractivity contribution is -0.136. The maximum atomic E-state index is 10.00. The molecule has 0 amide bonds. The fourth-order valence-corrected chi connectivity index (χ4v) is 6.01. The van der Waals surface area contributed by atoms with Gasteiger partial charge in [0.05, 0.1) is 25.4 Å². The molecule has 0 unspecified atom stereocenters. The molecule has 0 spiro atoms. The first-order valence-electron chi connectivity index (χ1n) is 15.0. The highest BCUT2D eigenvalue weighted by molar-refractivity contribution is 5.98. The minimum absolute atomic E-state index is 0.0984. The van der Waals surface area contributed by atoms with Crippen LogP contribution in [0.5, 0.6) is 0 Å². The van der Waals surface area contributed by atoms with Gasteiger partial charge in [-0.3, -0.25) is 4.90 Å². The van der Waals surface area contributed by atoms with Gasteiger partial charge in [-0.25, -0.2) is 0 Å². The summed E-state index contributed by atoms with van der Waals surface area (Å²) in [6, 6.07) is 7.15. The van der Waals surface area contributed by atoms with Gasteiger partial charge >= 0.3 is 0 Å². The van der Waals surface area contributed by atoms with E-state index in [1.807, 2.05) is 6.92 Å². The molecule has 2 aliphatic heterocycles. The lowest BCUT2D eigenvalue weighted by atomic mass is 9.80. The predicted octanol–water partition coefficient (Wildman–Crippen LogP) is 7.04. The van der Waals surface area contributed by atoms with Gasteiger partial charge in [-0.1, -0.05) is 58.4 Å². The molecule has 1 aromatic rings. The van der Waals surface area contributed by atoms with Gasteiger partial charge in [0, 0.05) is 5.71 Å². The molecule has 0 saturated carbocycles. The third kappa shape index (κ3) is 8.00. The van der Waals surface area contributed by atoms with Crippen molar-refractivity contribution in [3.05, 3.63) is 63.8 Å². The summed E-state index contributed by atoms with van der Waals surface area (Å²) in [5.41, 5.74) is 14.0. The summed E-state index contributed by atoms with van der Waals surface area (Å²) in [6.07, 6.45) is 9.26. The maximum Gasteiger partial charge on any atom is 0.0699 e. The van der Waals surface area contributed by atoms with E-state index in [0.717, 1.165) is 50.3 Å². The molecule has 5 heteroatoms. The Hall–Kier alpha value is -2.05. The first kappa shape index (κ1) is 33.2. The molecule has 5 nitrogen and oxygen atoms in total. The number of aliphatic hydroxyl groups excluding tert-OH is 1. The molecule has 1 aromatic carbocycles. The van der Waals surface area contributed by atoms with Crippen molar-refractivity contribution in [3.63, 3.8) is 0 Å². The first-order chi connectivity index (χ1) is 18.7. The number of hydrogen-bond acceptors (Lipinski definition) is 5. The normalized spacial score (nSPS) is 19.3. The molecule has 2 aliphatic rings. The van der Waals surface area contributed by atoms with E-state index in [1.54, 1.807) is 0 Å². The highest BCUT2D eigenvalue weighted by Gasteiger charge is 2.41. The van der Waals surface area contributed by atoms with Crippen LogP contribution in [0.3, 0.4) is 0 Å². The average molecular weight is 538 g/mol.